The minimum Gasteiger partial charge on any atom is -0.469 e. The Labute approximate surface area is 121 Å². The summed E-state index contributed by atoms with van der Waals surface area (Å²) in [5.74, 6) is 4.73. The number of methoxy groups -OCH3 is 1. The first-order valence-corrected chi connectivity index (χ1v) is 7.09. The molecule has 1 fully saturated rings. The second kappa shape index (κ2) is 6.55. The minimum absolute atomic E-state index is 0.0929. The molecule has 1 aromatic heterocycles. The van der Waals surface area contributed by atoms with Crippen molar-refractivity contribution in [3.63, 3.8) is 0 Å². The highest BCUT2D eigenvalue weighted by Crippen LogP contribution is 2.22. The van der Waals surface area contributed by atoms with Gasteiger partial charge in [0, 0.05) is 18.5 Å². The molecule has 1 aliphatic heterocycles. The maximum Gasteiger partial charge on any atom is 0.310 e. The molecule has 1 saturated heterocycles. The molecule has 0 radical (unpaired) electrons. The first kappa shape index (κ1) is 14.6. The lowest BCUT2D eigenvalue weighted by molar-refractivity contribution is -0.144. The van der Waals surface area contributed by atoms with Gasteiger partial charge in [-0.2, -0.15) is 0 Å². The highest BCUT2D eigenvalue weighted by atomic mass is 32.1. The standard InChI is InChI=1S/C14H15NO4S/c1-19-14(18)10-4-5-15(8-10)13(17)11-7-12(20-9-11)3-2-6-16/h7,9-10,16H,4-6,8H2,1H3. The molecule has 2 heterocycles. The molecule has 0 bridgehead atoms. The highest BCUT2D eigenvalue weighted by Gasteiger charge is 2.32. The quantitative estimate of drug-likeness (QED) is 0.645. The van der Waals surface area contributed by atoms with Crippen molar-refractivity contribution in [3.8, 4) is 11.8 Å². The summed E-state index contributed by atoms with van der Waals surface area (Å²) in [4.78, 5) is 26.1. The van der Waals surface area contributed by atoms with Crippen LogP contribution in [0.25, 0.3) is 0 Å². The summed E-state index contributed by atoms with van der Waals surface area (Å²) < 4.78 is 4.70. The zero-order chi connectivity index (χ0) is 14.5. The number of carbonyl (C=O) groups excluding carboxylic acids is 2. The van der Waals surface area contributed by atoms with E-state index in [9.17, 15) is 9.59 Å². The van der Waals surface area contributed by atoms with Crippen LogP contribution in [0.5, 0.6) is 0 Å². The average Bonchev–Trinajstić information content (AvgIpc) is 3.12. The first-order valence-electron chi connectivity index (χ1n) is 6.21. The molecule has 2 rings (SSSR count). The third kappa shape index (κ3) is 3.18. The molecule has 5 nitrogen and oxygen atoms in total. The molecule has 0 spiro atoms. The van der Waals surface area contributed by atoms with E-state index in [4.69, 9.17) is 9.84 Å². The highest BCUT2D eigenvalue weighted by molar-refractivity contribution is 7.10. The number of rotatable bonds is 2. The van der Waals surface area contributed by atoms with E-state index in [1.165, 1.54) is 18.4 Å². The molecule has 1 aromatic rings. The number of esters is 1. The molecule has 0 aromatic carbocycles. The molecular formula is C14H15NO4S. The zero-order valence-corrected chi connectivity index (χ0v) is 11.9. The van der Waals surface area contributed by atoms with Crippen molar-refractivity contribution in [2.24, 2.45) is 5.92 Å². The van der Waals surface area contributed by atoms with Crippen LogP contribution < -0.4 is 0 Å². The van der Waals surface area contributed by atoms with Gasteiger partial charge < -0.3 is 14.7 Å². The molecule has 1 aliphatic rings. The molecule has 1 amide bonds. The van der Waals surface area contributed by atoms with Gasteiger partial charge >= 0.3 is 5.97 Å². The van der Waals surface area contributed by atoms with Gasteiger partial charge in [-0.05, 0) is 12.5 Å². The van der Waals surface area contributed by atoms with Crippen molar-refractivity contribution in [2.75, 3.05) is 26.8 Å². The van der Waals surface area contributed by atoms with Crippen LogP contribution in [-0.4, -0.2) is 48.7 Å². The first-order chi connectivity index (χ1) is 9.65. The molecule has 1 atom stereocenters. The van der Waals surface area contributed by atoms with Crippen molar-refractivity contribution in [3.05, 3.63) is 21.9 Å². The fourth-order valence-electron chi connectivity index (χ4n) is 2.13. The Balaban J connectivity index is 2.02. The summed E-state index contributed by atoms with van der Waals surface area (Å²) >= 11 is 1.36. The largest absolute Gasteiger partial charge is 0.469 e. The number of nitrogens with zero attached hydrogens (tertiary/aromatic N) is 1. The van der Waals surface area contributed by atoms with E-state index in [2.05, 4.69) is 11.8 Å². The van der Waals surface area contributed by atoms with Crippen LogP contribution in [0.4, 0.5) is 0 Å². The summed E-state index contributed by atoms with van der Waals surface area (Å²) in [7, 11) is 1.36. The van der Waals surface area contributed by atoms with Gasteiger partial charge in [0.2, 0.25) is 0 Å². The topological polar surface area (TPSA) is 66.8 Å². The molecule has 106 valence electrons. The van der Waals surface area contributed by atoms with Crippen LogP contribution in [0.2, 0.25) is 0 Å². The lowest BCUT2D eigenvalue weighted by Gasteiger charge is -2.14. The number of hydrogen-bond donors (Lipinski definition) is 1. The Morgan fingerprint density at radius 2 is 2.40 bits per heavy atom. The molecule has 0 aliphatic carbocycles. The third-order valence-electron chi connectivity index (χ3n) is 3.15. The van der Waals surface area contributed by atoms with Crippen molar-refractivity contribution in [1.82, 2.24) is 4.90 Å². The van der Waals surface area contributed by atoms with Crippen LogP contribution in [0.3, 0.4) is 0 Å². The Morgan fingerprint density at radius 3 is 3.10 bits per heavy atom. The Kier molecular flexibility index (Phi) is 4.77. The maximum atomic E-state index is 12.3. The van der Waals surface area contributed by atoms with Crippen LogP contribution >= 0.6 is 11.3 Å². The zero-order valence-electron chi connectivity index (χ0n) is 11.1. The Morgan fingerprint density at radius 1 is 1.60 bits per heavy atom. The Hall–Kier alpha value is -1.84. The summed E-state index contributed by atoms with van der Waals surface area (Å²) in [6.45, 7) is 0.763. The van der Waals surface area contributed by atoms with Crippen molar-refractivity contribution in [1.29, 1.82) is 0 Å². The number of hydrogen-bond acceptors (Lipinski definition) is 5. The van der Waals surface area contributed by atoms with Crippen LogP contribution in [0, 0.1) is 17.8 Å². The number of carbonyl (C=O) groups is 2. The summed E-state index contributed by atoms with van der Waals surface area (Å²) in [5, 5.41) is 10.4. The Bertz CT molecular complexity index is 569. The number of ether oxygens (including phenoxy) is 1. The third-order valence-corrected chi connectivity index (χ3v) is 3.99. The predicted molar refractivity (Wildman–Crippen MR) is 74.3 cm³/mol. The van der Waals surface area contributed by atoms with Crippen molar-refractivity contribution < 1.29 is 19.4 Å². The van der Waals surface area contributed by atoms with Gasteiger partial charge in [0.1, 0.15) is 6.61 Å². The van der Waals surface area contributed by atoms with E-state index >= 15 is 0 Å². The molecular weight excluding hydrogens is 278 g/mol. The maximum absolute atomic E-state index is 12.3. The lowest BCUT2D eigenvalue weighted by atomic mass is 10.1. The average molecular weight is 293 g/mol. The van der Waals surface area contributed by atoms with E-state index in [1.54, 1.807) is 16.3 Å². The predicted octanol–water partition coefficient (Wildman–Crippen LogP) is 0.727. The van der Waals surface area contributed by atoms with Crippen LogP contribution in [-0.2, 0) is 9.53 Å². The number of likely N-dealkylation sites (tertiary alicyclic amines) is 1. The molecule has 1 N–H and O–H groups in total. The summed E-state index contributed by atoms with van der Waals surface area (Å²) in [6.07, 6.45) is 0.639. The second-order valence-electron chi connectivity index (χ2n) is 4.42. The van der Waals surface area contributed by atoms with E-state index in [-0.39, 0.29) is 24.4 Å². The smallest absolute Gasteiger partial charge is 0.310 e. The van der Waals surface area contributed by atoms with Crippen LogP contribution in [0.15, 0.2) is 11.4 Å². The lowest BCUT2D eigenvalue weighted by Crippen LogP contribution is -2.29. The number of aliphatic hydroxyl groups is 1. The minimum atomic E-state index is -0.264. The fraction of sp³-hybridized carbons (Fsp3) is 0.429. The van der Waals surface area contributed by atoms with E-state index in [0.29, 0.717) is 25.1 Å². The van der Waals surface area contributed by atoms with E-state index in [0.717, 1.165) is 4.88 Å². The van der Waals surface area contributed by atoms with Gasteiger partial charge in [0.05, 0.1) is 23.5 Å². The van der Waals surface area contributed by atoms with Crippen molar-refractivity contribution >= 4 is 23.2 Å². The number of thiophene rings is 1. The fourth-order valence-corrected chi connectivity index (χ4v) is 2.88. The molecule has 20 heavy (non-hydrogen) atoms. The van der Waals surface area contributed by atoms with Crippen molar-refractivity contribution in [2.45, 2.75) is 6.42 Å². The van der Waals surface area contributed by atoms with Gasteiger partial charge in [-0.15, -0.1) is 11.3 Å². The van der Waals surface area contributed by atoms with Crippen LogP contribution in [0.1, 0.15) is 21.7 Å². The van der Waals surface area contributed by atoms with Gasteiger partial charge in [0.15, 0.2) is 0 Å². The van der Waals surface area contributed by atoms with Gasteiger partial charge in [0.25, 0.3) is 5.91 Å². The second-order valence-corrected chi connectivity index (χ2v) is 5.33. The number of amides is 1. The number of aliphatic hydroxyl groups excluding tert-OH is 1. The molecule has 1 unspecified atom stereocenters. The van der Waals surface area contributed by atoms with Gasteiger partial charge in [-0.1, -0.05) is 11.8 Å². The van der Waals surface area contributed by atoms with Gasteiger partial charge in [-0.3, -0.25) is 9.59 Å². The van der Waals surface area contributed by atoms with E-state index in [1.807, 2.05) is 0 Å². The monoisotopic (exact) mass is 293 g/mol. The SMILES string of the molecule is COC(=O)C1CCN(C(=O)c2csc(C#CCO)c2)C1. The normalized spacial score (nSPS) is 17.5. The van der Waals surface area contributed by atoms with E-state index < -0.39 is 0 Å². The summed E-state index contributed by atoms with van der Waals surface area (Å²) in [6, 6.07) is 1.71. The molecule has 6 heteroatoms. The van der Waals surface area contributed by atoms with Gasteiger partial charge in [-0.25, -0.2) is 0 Å². The molecule has 0 saturated carbocycles. The summed E-state index contributed by atoms with van der Waals surface area (Å²) in [5.41, 5.74) is 0.572.